The molecule has 90 valence electrons. The van der Waals surface area contributed by atoms with E-state index in [1.807, 2.05) is 6.07 Å². The highest BCUT2D eigenvalue weighted by Crippen LogP contribution is 2.27. The van der Waals surface area contributed by atoms with Crippen LogP contribution in [-0.2, 0) is 12.8 Å². The lowest BCUT2D eigenvalue weighted by molar-refractivity contribution is 0.0695. The van der Waals surface area contributed by atoms with Crippen LogP contribution in [-0.4, -0.2) is 23.2 Å². The summed E-state index contributed by atoms with van der Waals surface area (Å²) in [6.45, 7) is 0. The summed E-state index contributed by atoms with van der Waals surface area (Å²) >= 11 is 0. The molecule has 17 heavy (non-hydrogen) atoms. The zero-order chi connectivity index (χ0) is 11.8. The molecule has 1 unspecified atom stereocenters. The second-order valence-electron chi connectivity index (χ2n) is 5.13. The summed E-state index contributed by atoms with van der Waals surface area (Å²) in [7, 11) is 0. The fourth-order valence-corrected chi connectivity index (χ4v) is 2.71. The number of benzene rings is 1. The molecule has 0 heterocycles. The van der Waals surface area contributed by atoms with Crippen molar-refractivity contribution in [2.45, 2.75) is 44.2 Å². The van der Waals surface area contributed by atoms with E-state index in [-0.39, 0.29) is 0 Å². The first kappa shape index (κ1) is 10.8. The Hall–Kier alpha value is -1.35. The monoisotopic (exact) mass is 231 g/mol. The predicted molar refractivity (Wildman–Crippen MR) is 65.4 cm³/mol. The molecule has 3 rings (SSSR count). The van der Waals surface area contributed by atoms with Crippen LogP contribution in [0.2, 0.25) is 0 Å². The zero-order valence-electron chi connectivity index (χ0n) is 9.78. The van der Waals surface area contributed by atoms with E-state index in [1.54, 1.807) is 6.07 Å². The molecule has 2 N–H and O–H groups in total. The summed E-state index contributed by atoms with van der Waals surface area (Å²) in [4.78, 5) is 11.2. The normalized spacial score (nSPS) is 23.2. The lowest BCUT2D eigenvalue weighted by Crippen LogP contribution is -2.36. The average Bonchev–Trinajstić information content (AvgIpc) is 3.12. The van der Waals surface area contributed by atoms with Crippen LogP contribution in [0.25, 0.3) is 0 Å². The molecule has 0 aliphatic heterocycles. The van der Waals surface area contributed by atoms with Gasteiger partial charge >= 0.3 is 5.97 Å². The molecule has 0 spiro atoms. The van der Waals surface area contributed by atoms with Crippen LogP contribution in [0.1, 0.15) is 40.7 Å². The molecule has 1 aromatic carbocycles. The summed E-state index contributed by atoms with van der Waals surface area (Å²) in [5, 5.41) is 12.8. The molecule has 0 saturated heterocycles. The van der Waals surface area contributed by atoms with Crippen molar-refractivity contribution >= 4 is 5.97 Å². The van der Waals surface area contributed by atoms with Gasteiger partial charge in [-0.05, 0) is 49.3 Å². The maximum atomic E-state index is 11.2. The summed E-state index contributed by atoms with van der Waals surface area (Å²) in [5.74, 6) is -0.797. The first-order chi connectivity index (χ1) is 8.24. The Morgan fingerprint density at radius 1 is 1.24 bits per heavy atom. The molecule has 0 radical (unpaired) electrons. The quantitative estimate of drug-likeness (QED) is 0.836. The van der Waals surface area contributed by atoms with Gasteiger partial charge in [0.15, 0.2) is 0 Å². The van der Waals surface area contributed by atoms with E-state index < -0.39 is 5.97 Å². The third-order valence-electron chi connectivity index (χ3n) is 3.76. The van der Waals surface area contributed by atoms with Crippen molar-refractivity contribution in [3.63, 3.8) is 0 Å². The number of fused-ring (bicyclic) bond motifs is 1. The van der Waals surface area contributed by atoms with Crippen molar-refractivity contribution in [2.24, 2.45) is 0 Å². The Bertz CT molecular complexity index is 452. The van der Waals surface area contributed by atoms with Crippen molar-refractivity contribution in [3.05, 3.63) is 34.9 Å². The number of rotatable bonds is 3. The Morgan fingerprint density at radius 3 is 2.76 bits per heavy atom. The number of carbonyl (C=O) groups is 1. The van der Waals surface area contributed by atoms with Crippen LogP contribution in [0.5, 0.6) is 0 Å². The number of hydrogen-bond donors (Lipinski definition) is 2. The Morgan fingerprint density at radius 2 is 2.06 bits per heavy atom. The Labute approximate surface area is 101 Å². The van der Waals surface area contributed by atoms with Crippen molar-refractivity contribution in [1.29, 1.82) is 0 Å². The van der Waals surface area contributed by atoms with Gasteiger partial charge in [0, 0.05) is 12.1 Å². The van der Waals surface area contributed by atoms with Gasteiger partial charge in [-0.1, -0.05) is 12.1 Å². The standard InChI is InChI=1S/C14H17NO2/c16-14(17)12-3-1-2-9-4-5-11(8-13(9)12)15-10-6-7-10/h1-3,10-11,15H,4-8H2,(H,16,17). The number of hydrogen-bond acceptors (Lipinski definition) is 2. The predicted octanol–water partition coefficient (Wildman–Crippen LogP) is 1.99. The van der Waals surface area contributed by atoms with Gasteiger partial charge in [0.2, 0.25) is 0 Å². The highest BCUT2D eigenvalue weighted by Gasteiger charge is 2.28. The van der Waals surface area contributed by atoms with Crippen LogP contribution >= 0.6 is 0 Å². The third kappa shape index (κ3) is 2.20. The van der Waals surface area contributed by atoms with Crippen LogP contribution in [0, 0.1) is 0 Å². The second-order valence-corrected chi connectivity index (χ2v) is 5.13. The molecule has 2 aliphatic rings. The van der Waals surface area contributed by atoms with Crippen LogP contribution in [0.3, 0.4) is 0 Å². The number of carboxylic acid groups (broad SMARTS) is 1. The largest absolute Gasteiger partial charge is 0.478 e. The molecular formula is C14H17NO2. The first-order valence-electron chi connectivity index (χ1n) is 6.34. The molecule has 3 heteroatoms. The van der Waals surface area contributed by atoms with Gasteiger partial charge < -0.3 is 10.4 Å². The molecule has 3 nitrogen and oxygen atoms in total. The van der Waals surface area contributed by atoms with Crippen molar-refractivity contribution in [3.8, 4) is 0 Å². The number of aromatic carboxylic acids is 1. The molecular weight excluding hydrogens is 214 g/mol. The Balaban J connectivity index is 1.85. The van der Waals surface area contributed by atoms with Crippen molar-refractivity contribution in [2.75, 3.05) is 0 Å². The maximum Gasteiger partial charge on any atom is 0.335 e. The molecule has 1 saturated carbocycles. The minimum Gasteiger partial charge on any atom is -0.478 e. The topological polar surface area (TPSA) is 49.3 Å². The van der Waals surface area contributed by atoms with Gasteiger partial charge in [-0.25, -0.2) is 4.79 Å². The number of nitrogens with one attached hydrogen (secondary N) is 1. The van der Waals surface area contributed by atoms with E-state index in [0.717, 1.165) is 24.8 Å². The van der Waals surface area contributed by atoms with Crippen molar-refractivity contribution < 1.29 is 9.90 Å². The van der Waals surface area contributed by atoms with Gasteiger partial charge in [0.1, 0.15) is 0 Å². The maximum absolute atomic E-state index is 11.2. The second kappa shape index (κ2) is 4.15. The number of aryl methyl sites for hydroxylation is 1. The zero-order valence-corrected chi connectivity index (χ0v) is 9.78. The molecule has 0 amide bonds. The fraction of sp³-hybridized carbons (Fsp3) is 0.500. The van der Waals surface area contributed by atoms with E-state index in [1.165, 1.54) is 18.4 Å². The Kier molecular flexibility index (Phi) is 2.63. The van der Waals surface area contributed by atoms with Crippen LogP contribution in [0.4, 0.5) is 0 Å². The van der Waals surface area contributed by atoms with Gasteiger partial charge in [-0.3, -0.25) is 0 Å². The number of carboxylic acids is 1. The summed E-state index contributed by atoms with van der Waals surface area (Å²) < 4.78 is 0. The SMILES string of the molecule is O=C(O)c1cccc2c1CC(NC1CC1)CC2. The molecule has 1 atom stereocenters. The summed E-state index contributed by atoms with van der Waals surface area (Å²) in [6.07, 6.45) is 5.57. The van der Waals surface area contributed by atoms with Gasteiger partial charge in [-0.15, -0.1) is 0 Å². The summed E-state index contributed by atoms with van der Waals surface area (Å²) in [6, 6.07) is 6.81. The van der Waals surface area contributed by atoms with Gasteiger partial charge in [0.25, 0.3) is 0 Å². The van der Waals surface area contributed by atoms with E-state index >= 15 is 0 Å². The van der Waals surface area contributed by atoms with E-state index in [9.17, 15) is 9.90 Å². The molecule has 2 aliphatic carbocycles. The van der Waals surface area contributed by atoms with E-state index in [4.69, 9.17) is 0 Å². The highest BCUT2D eigenvalue weighted by molar-refractivity contribution is 5.89. The van der Waals surface area contributed by atoms with E-state index in [2.05, 4.69) is 11.4 Å². The van der Waals surface area contributed by atoms with Crippen LogP contribution < -0.4 is 5.32 Å². The smallest absolute Gasteiger partial charge is 0.335 e. The molecule has 0 aromatic heterocycles. The molecule has 1 aromatic rings. The minimum atomic E-state index is -0.797. The lowest BCUT2D eigenvalue weighted by Gasteiger charge is -2.26. The minimum absolute atomic E-state index is 0.468. The third-order valence-corrected chi connectivity index (χ3v) is 3.76. The average molecular weight is 231 g/mol. The highest BCUT2D eigenvalue weighted by atomic mass is 16.4. The van der Waals surface area contributed by atoms with E-state index in [0.29, 0.717) is 17.6 Å². The van der Waals surface area contributed by atoms with Crippen LogP contribution in [0.15, 0.2) is 18.2 Å². The molecule has 0 bridgehead atoms. The summed E-state index contributed by atoms with van der Waals surface area (Å²) in [5.41, 5.74) is 2.76. The fourth-order valence-electron chi connectivity index (χ4n) is 2.71. The van der Waals surface area contributed by atoms with Gasteiger partial charge in [-0.2, -0.15) is 0 Å². The van der Waals surface area contributed by atoms with Crippen molar-refractivity contribution in [1.82, 2.24) is 5.32 Å². The first-order valence-corrected chi connectivity index (χ1v) is 6.34. The van der Waals surface area contributed by atoms with Gasteiger partial charge in [0.05, 0.1) is 5.56 Å². The molecule has 1 fully saturated rings. The lowest BCUT2D eigenvalue weighted by atomic mass is 9.85.